The first-order valence-corrected chi connectivity index (χ1v) is 11.5. The molecule has 4 rings (SSSR count). The molecule has 0 aromatic heterocycles. The first kappa shape index (κ1) is 24.7. The number of likely N-dealkylation sites (tertiary alicyclic amines) is 1. The molecule has 2 aromatic rings. The molecule has 0 bridgehead atoms. The van der Waals surface area contributed by atoms with Gasteiger partial charge in [0.25, 0.3) is 11.7 Å². The Morgan fingerprint density at radius 3 is 2.40 bits per heavy atom. The molecule has 0 saturated carbocycles. The van der Waals surface area contributed by atoms with E-state index in [1.807, 2.05) is 0 Å². The second kappa shape index (κ2) is 10.9. The topological polar surface area (TPSA) is 88.5 Å². The molecule has 2 aliphatic heterocycles. The van der Waals surface area contributed by atoms with Crippen LogP contribution in [-0.4, -0.2) is 80.2 Å². The van der Waals surface area contributed by atoms with Gasteiger partial charge in [0.05, 0.1) is 39.0 Å². The van der Waals surface area contributed by atoms with Crippen LogP contribution in [0.4, 0.5) is 4.39 Å². The molecule has 2 aromatic carbocycles. The van der Waals surface area contributed by atoms with Crippen molar-refractivity contribution in [3.05, 3.63) is 65.0 Å². The van der Waals surface area contributed by atoms with E-state index in [4.69, 9.17) is 14.2 Å². The van der Waals surface area contributed by atoms with Gasteiger partial charge >= 0.3 is 0 Å². The van der Waals surface area contributed by atoms with E-state index in [2.05, 4.69) is 4.90 Å². The summed E-state index contributed by atoms with van der Waals surface area (Å²) in [5, 5.41) is 11.1. The van der Waals surface area contributed by atoms with Crippen LogP contribution in [0.25, 0.3) is 5.76 Å². The van der Waals surface area contributed by atoms with Crippen LogP contribution in [0.3, 0.4) is 0 Å². The quantitative estimate of drug-likeness (QED) is 0.350. The number of hydrogen-bond donors (Lipinski definition) is 1. The number of aliphatic hydroxyl groups excluding tert-OH is 1. The Balaban J connectivity index is 1.69. The van der Waals surface area contributed by atoms with Crippen LogP contribution >= 0.6 is 0 Å². The number of aliphatic hydroxyl groups is 1. The third kappa shape index (κ3) is 5.16. The smallest absolute Gasteiger partial charge is 0.295 e. The highest BCUT2D eigenvalue weighted by Gasteiger charge is 2.45. The predicted octanol–water partition coefficient (Wildman–Crippen LogP) is 2.99. The summed E-state index contributed by atoms with van der Waals surface area (Å²) < 4.78 is 29.9. The molecule has 0 aliphatic carbocycles. The van der Waals surface area contributed by atoms with Crippen molar-refractivity contribution in [3.63, 3.8) is 0 Å². The molecule has 2 fully saturated rings. The number of halogens is 1. The number of amides is 1. The Morgan fingerprint density at radius 2 is 1.77 bits per heavy atom. The second-order valence-electron chi connectivity index (χ2n) is 8.42. The number of rotatable bonds is 8. The molecule has 9 heteroatoms. The number of carbonyl (C=O) groups excluding carboxylic acids is 2. The number of Topliss-reactive ketones (excluding diaryl/α,β-unsaturated/α-hetero) is 1. The van der Waals surface area contributed by atoms with Gasteiger partial charge in [0, 0.05) is 31.7 Å². The van der Waals surface area contributed by atoms with Gasteiger partial charge in [0.2, 0.25) is 0 Å². The van der Waals surface area contributed by atoms with E-state index in [1.54, 1.807) is 31.4 Å². The van der Waals surface area contributed by atoms with E-state index in [0.717, 1.165) is 25.7 Å². The summed E-state index contributed by atoms with van der Waals surface area (Å²) in [6.45, 7) is 4.08. The second-order valence-corrected chi connectivity index (χ2v) is 8.42. The summed E-state index contributed by atoms with van der Waals surface area (Å²) in [7, 11) is 2.88. The SMILES string of the molecule is COc1ccc(C2C(=C(O)c3ccc(OC)c(F)c3)C(=O)C(=O)N2CCCN2CCOCC2)cc1. The molecule has 1 N–H and O–H groups in total. The standard InChI is InChI=1S/C26H29FN2O6/c1-33-19-7-4-17(5-8-19)23-22(24(30)18-6-9-21(34-2)20(27)16-18)25(31)26(32)29(23)11-3-10-28-12-14-35-15-13-28/h4-9,16,23,30H,3,10-15H2,1-2H3. The largest absolute Gasteiger partial charge is 0.507 e. The Hall–Kier alpha value is -3.43. The molecule has 2 saturated heterocycles. The minimum absolute atomic E-state index is 0.0109. The Kier molecular flexibility index (Phi) is 7.67. The Labute approximate surface area is 203 Å². The number of morpholine rings is 1. The molecule has 1 unspecified atom stereocenters. The van der Waals surface area contributed by atoms with E-state index in [-0.39, 0.29) is 16.9 Å². The zero-order valence-electron chi connectivity index (χ0n) is 19.8. The fraction of sp³-hybridized carbons (Fsp3) is 0.385. The minimum atomic E-state index is -0.809. The Morgan fingerprint density at radius 1 is 1.06 bits per heavy atom. The van der Waals surface area contributed by atoms with Crippen molar-refractivity contribution in [2.45, 2.75) is 12.5 Å². The van der Waals surface area contributed by atoms with Crippen LogP contribution in [0.1, 0.15) is 23.6 Å². The van der Waals surface area contributed by atoms with Gasteiger partial charge in [0.15, 0.2) is 11.6 Å². The minimum Gasteiger partial charge on any atom is -0.507 e. The highest BCUT2D eigenvalue weighted by Crippen LogP contribution is 2.40. The van der Waals surface area contributed by atoms with Crippen LogP contribution in [0.15, 0.2) is 48.0 Å². The van der Waals surface area contributed by atoms with Gasteiger partial charge in [-0.15, -0.1) is 0 Å². The fourth-order valence-electron chi connectivity index (χ4n) is 4.50. The van der Waals surface area contributed by atoms with Gasteiger partial charge in [-0.3, -0.25) is 14.5 Å². The van der Waals surface area contributed by atoms with Crippen molar-refractivity contribution in [2.24, 2.45) is 0 Å². The molecular formula is C26H29FN2O6. The van der Waals surface area contributed by atoms with E-state index in [9.17, 15) is 19.1 Å². The molecule has 2 heterocycles. The summed E-state index contributed by atoms with van der Waals surface area (Å²) in [5.74, 6) is -1.97. The highest BCUT2D eigenvalue weighted by atomic mass is 19.1. The van der Waals surface area contributed by atoms with Gasteiger partial charge in [-0.2, -0.15) is 0 Å². The summed E-state index contributed by atoms with van der Waals surface area (Å²) in [6.07, 6.45) is 0.650. The molecule has 0 spiro atoms. The van der Waals surface area contributed by atoms with Crippen molar-refractivity contribution in [3.8, 4) is 11.5 Å². The first-order valence-electron chi connectivity index (χ1n) is 11.5. The van der Waals surface area contributed by atoms with E-state index in [1.165, 1.54) is 24.1 Å². The summed E-state index contributed by atoms with van der Waals surface area (Å²) >= 11 is 0. The average Bonchev–Trinajstić information content (AvgIpc) is 3.14. The van der Waals surface area contributed by atoms with Crippen molar-refractivity contribution >= 4 is 17.4 Å². The van der Waals surface area contributed by atoms with Crippen LogP contribution in [-0.2, 0) is 14.3 Å². The normalized spacial score (nSPS) is 20.3. The molecule has 1 amide bonds. The zero-order valence-corrected chi connectivity index (χ0v) is 19.8. The van der Waals surface area contributed by atoms with Crippen molar-refractivity contribution in [1.82, 2.24) is 9.80 Å². The van der Waals surface area contributed by atoms with Gasteiger partial charge < -0.3 is 24.2 Å². The molecular weight excluding hydrogens is 455 g/mol. The van der Waals surface area contributed by atoms with Gasteiger partial charge in [-0.1, -0.05) is 12.1 Å². The molecule has 8 nitrogen and oxygen atoms in total. The molecule has 2 aliphatic rings. The van der Waals surface area contributed by atoms with Crippen LogP contribution in [0, 0.1) is 5.82 Å². The molecule has 0 radical (unpaired) electrons. The molecule has 186 valence electrons. The van der Waals surface area contributed by atoms with E-state index in [0.29, 0.717) is 37.5 Å². The fourth-order valence-corrected chi connectivity index (χ4v) is 4.50. The van der Waals surface area contributed by atoms with Gasteiger partial charge in [0.1, 0.15) is 11.5 Å². The lowest BCUT2D eigenvalue weighted by molar-refractivity contribution is -0.140. The summed E-state index contributed by atoms with van der Waals surface area (Å²) in [5.41, 5.74) is 0.663. The number of methoxy groups -OCH3 is 2. The third-order valence-electron chi connectivity index (χ3n) is 6.37. The monoisotopic (exact) mass is 484 g/mol. The first-order chi connectivity index (χ1) is 16.9. The lowest BCUT2D eigenvalue weighted by atomic mass is 9.95. The molecule has 1 atom stereocenters. The van der Waals surface area contributed by atoms with Gasteiger partial charge in [-0.05, 0) is 42.3 Å². The lowest BCUT2D eigenvalue weighted by Gasteiger charge is -2.29. The summed E-state index contributed by atoms with van der Waals surface area (Å²) in [4.78, 5) is 30.0. The molecule has 35 heavy (non-hydrogen) atoms. The van der Waals surface area contributed by atoms with Gasteiger partial charge in [-0.25, -0.2) is 4.39 Å². The van der Waals surface area contributed by atoms with Crippen molar-refractivity contribution in [1.29, 1.82) is 0 Å². The number of benzene rings is 2. The van der Waals surface area contributed by atoms with Crippen molar-refractivity contribution < 1.29 is 33.3 Å². The average molecular weight is 485 g/mol. The lowest BCUT2D eigenvalue weighted by Crippen LogP contribution is -2.38. The maximum atomic E-state index is 14.3. The summed E-state index contributed by atoms with van der Waals surface area (Å²) in [6, 6.07) is 10.1. The number of hydrogen-bond acceptors (Lipinski definition) is 7. The third-order valence-corrected chi connectivity index (χ3v) is 6.37. The Bertz CT molecular complexity index is 1110. The number of carbonyl (C=O) groups is 2. The van der Waals surface area contributed by atoms with Crippen LogP contribution in [0.5, 0.6) is 11.5 Å². The predicted molar refractivity (Wildman–Crippen MR) is 127 cm³/mol. The van der Waals surface area contributed by atoms with E-state index >= 15 is 0 Å². The van der Waals surface area contributed by atoms with Crippen LogP contribution < -0.4 is 9.47 Å². The maximum Gasteiger partial charge on any atom is 0.295 e. The zero-order chi connectivity index (χ0) is 24.9. The number of ketones is 1. The number of ether oxygens (including phenoxy) is 3. The highest BCUT2D eigenvalue weighted by molar-refractivity contribution is 6.46. The van der Waals surface area contributed by atoms with E-state index < -0.39 is 29.3 Å². The maximum absolute atomic E-state index is 14.3. The number of nitrogens with zero attached hydrogens (tertiary/aromatic N) is 2. The van der Waals surface area contributed by atoms with Crippen LogP contribution in [0.2, 0.25) is 0 Å². The van der Waals surface area contributed by atoms with Crippen molar-refractivity contribution in [2.75, 3.05) is 53.6 Å².